The standard InChI is InChI=1S/C23H30N2O5S/c1-3-30-21-10-9-19(15-22(21)29-2)16-24-23(26)20-11-13-25(14-12-20)31(27,28)17-18-7-5-4-6-8-18/h4-10,15,20H,3,11-14,16-17H2,1-2H3,(H,24,26). The van der Waals surface area contributed by atoms with Gasteiger partial charge < -0.3 is 14.8 Å². The van der Waals surface area contributed by atoms with Crippen LogP contribution in [-0.4, -0.2) is 45.4 Å². The second-order valence-corrected chi connectivity index (χ2v) is 9.52. The lowest BCUT2D eigenvalue weighted by Gasteiger charge is -2.30. The molecule has 0 atom stereocenters. The zero-order chi connectivity index (χ0) is 22.3. The zero-order valence-corrected chi connectivity index (χ0v) is 18.9. The first-order valence-electron chi connectivity index (χ1n) is 10.5. The van der Waals surface area contributed by atoms with E-state index in [-0.39, 0.29) is 17.6 Å². The van der Waals surface area contributed by atoms with Crippen LogP contribution in [0.15, 0.2) is 48.5 Å². The third kappa shape index (κ3) is 6.21. The third-order valence-corrected chi connectivity index (χ3v) is 7.25. The highest BCUT2D eigenvalue weighted by Gasteiger charge is 2.31. The van der Waals surface area contributed by atoms with Crippen LogP contribution in [0.25, 0.3) is 0 Å². The van der Waals surface area contributed by atoms with Gasteiger partial charge in [0.05, 0.1) is 19.5 Å². The topological polar surface area (TPSA) is 84.9 Å². The molecule has 1 amide bonds. The van der Waals surface area contributed by atoms with Gasteiger partial charge in [0.25, 0.3) is 0 Å². The summed E-state index contributed by atoms with van der Waals surface area (Å²) in [5, 5.41) is 2.96. The number of hydrogen-bond acceptors (Lipinski definition) is 5. The predicted molar refractivity (Wildman–Crippen MR) is 119 cm³/mol. The predicted octanol–water partition coefficient (Wildman–Crippen LogP) is 2.95. The highest BCUT2D eigenvalue weighted by atomic mass is 32.2. The number of piperidine rings is 1. The fourth-order valence-electron chi connectivity index (χ4n) is 3.70. The normalized spacial score (nSPS) is 15.4. The Morgan fingerprint density at radius 2 is 1.77 bits per heavy atom. The van der Waals surface area contributed by atoms with Crippen molar-refractivity contribution in [1.82, 2.24) is 9.62 Å². The number of benzene rings is 2. The molecule has 3 rings (SSSR count). The molecule has 0 radical (unpaired) electrons. The lowest BCUT2D eigenvalue weighted by atomic mass is 9.97. The Morgan fingerprint density at radius 3 is 2.42 bits per heavy atom. The Kier molecular flexibility index (Phi) is 7.92. The second kappa shape index (κ2) is 10.6. The van der Waals surface area contributed by atoms with Gasteiger partial charge in [0.2, 0.25) is 15.9 Å². The van der Waals surface area contributed by atoms with E-state index in [1.165, 1.54) is 4.31 Å². The molecule has 31 heavy (non-hydrogen) atoms. The van der Waals surface area contributed by atoms with E-state index in [0.29, 0.717) is 50.6 Å². The summed E-state index contributed by atoms with van der Waals surface area (Å²) in [5.74, 6) is 1.06. The van der Waals surface area contributed by atoms with Gasteiger partial charge in [-0.2, -0.15) is 0 Å². The van der Waals surface area contributed by atoms with Crippen molar-refractivity contribution in [2.75, 3.05) is 26.8 Å². The quantitative estimate of drug-likeness (QED) is 0.640. The molecule has 8 heteroatoms. The number of methoxy groups -OCH3 is 1. The van der Waals surface area contributed by atoms with Crippen molar-refractivity contribution < 1.29 is 22.7 Å². The summed E-state index contributed by atoms with van der Waals surface area (Å²) in [6.45, 7) is 3.57. The van der Waals surface area contributed by atoms with Crippen LogP contribution in [0, 0.1) is 5.92 Å². The van der Waals surface area contributed by atoms with Crippen LogP contribution in [0.5, 0.6) is 11.5 Å². The molecule has 0 aromatic heterocycles. The molecule has 1 saturated heterocycles. The number of amides is 1. The fourth-order valence-corrected chi connectivity index (χ4v) is 5.27. The number of nitrogens with zero attached hydrogens (tertiary/aromatic N) is 1. The lowest BCUT2D eigenvalue weighted by molar-refractivity contribution is -0.126. The number of rotatable bonds is 9. The van der Waals surface area contributed by atoms with E-state index in [1.807, 2.05) is 55.5 Å². The van der Waals surface area contributed by atoms with E-state index >= 15 is 0 Å². The van der Waals surface area contributed by atoms with E-state index in [9.17, 15) is 13.2 Å². The number of nitrogens with one attached hydrogen (secondary N) is 1. The van der Waals surface area contributed by atoms with Crippen LogP contribution < -0.4 is 14.8 Å². The van der Waals surface area contributed by atoms with Crippen LogP contribution in [0.2, 0.25) is 0 Å². The van der Waals surface area contributed by atoms with E-state index in [2.05, 4.69) is 5.32 Å². The molecule has 1 aliphatic rings. The molecule has 168 valence electrons. The molecule has 7 nitrogen and oxygen atoms in total. The summed E-state index contributed by atoms with van der Waals surface area (Å²) in [6.07, 6.45) is 1.04. The first-order chi connectivity index (χ1) is 14.9. The molecule has 1 N–H and O–H groups in total. The number of ether oxygens (including phenoxy) is 2. The Balaban J connectivity index is 1.50. The largest absolute Gasteiger partial charge is 0.493 e. The Bertz CT molecular complexity index is 971. The van der Waals surface area contributed by atoms with Crippen molar-refractivity contribution in [2.45, 2.75) is 32.1 Å². The first kappa shape index (κ1) is 23.1. The highest BCUT2D eigenvalue weighted by Crippen LogP contribution is 2.28. The van der Waals surface area contributed by atoms with Crippen molar-refractivity contribution in [3.05, 3.63) is 59.7 Å². The third-order valence-electron chi connectivity index (χ3n) is 5.40. The highest BCUT2D eigenvalue weighted by molar-refractivity contribution is 7.88. The van der Waals surface area contributed by atoms with Gasteiger partial charge in [-0.05, 0) is 43.0 Å². The van der Waals surface area contributed by atoms with Crippen LogP contribution in [0.3, 0.4) is 0 Å². The molecular formula is C23H30N2O5S. The van der Waals surface area contributed by atoms with Gasteiger partial charge in [0.15, 0.2) is 11.5 Å². The summed E-state index contributed by atoms with van der Waals surface area (Å²) in [4.78, 5) is 12.6. The smallest absolute Gasteiger partial charge is 0.223 e. The van der Waals surface area contributed by atoms with Crippen molar-refractivity contribution >= 4 is 15.9 Å². The maximum absolute atomic E-state index is 12.7. The molecule has 0 bridgehead atoms. The van der Waals surface area contributed by atoms with Gasteiger partial charge in [0, 0.05) is 25.6 Å². The van der Waals surface area contributed by atoms with Gasteiger partial charge in [-0.3, -0.25) is 4.79 Å². The van der Waals surface area contributed by atoms with Crippen LogP contribution in [-0.2, 0) is 27.1 Å². The first-order valence-corrected chi connectivity index (χ1v) is 12.1. The van der Waals surface area contributed by atoms with Crippen LogP contribution in [0.1, 0.15) is 30.9 Å². The maximum atomic E-state index is 12.7. The fraction of sp³-hybridized carbons (Fsp3) is 0.435. The van der Waals surface area contributed by atoms with E-state index < -0.39 is 10.0 Å². The minimum atomic E-state index is -3.38. The summed E-state index contributed by atoms with van der Waals surface area (Å²) in [7, 11) is -1.80. The van der Waals surface area contributed by atoms with Gasteiger partial charge in [-0.15, -0.1) is 0 Å². The Morgan fingerprint density at radius 1 is 1.06 bits per heavy atom. The Labute approximate surface area is 184 Å². The average molecular weight is 447 g/mol. The monoisotopic (exact) mass is 446 g/mol. The van der Waals surface area contributed by atoms with Crippen LogP contribution >= 0.6 is 0 Å². The van der Waals surface area contributed by atoms with Gasteiger partial charge in [-0.25, -0.2) is 12.7 Å². The molecule has 1 fully saturated rings. The molecule has 2 aromatic rings. The summed E-state index contributed by atoms with van der Waals surface area (Å²) < 4.78 is 37.7. The van der Waals surface area contributed by atoms with E-state index in [0.717, 1.165) is 11.1 Å². The van der Waals surface area contributed by atoms with E-state index in [4.69, 9.17) is 9.47 Å². The molecule has 0 unspecified atom stereocenters. The molecular weight excluding hydrogens is 416 g/mol. The lowest BCUT2D eigenvalue weighted by Crippen LogP contribution is -2.43. The number of hydrogen-bond donors (Lipinski definition) is 1. The van der Waals surface area contributed by atoms with Gasteiger partial charge in [0.1, 0.15) is 0 Å². The SMILES string of the molecule is CCOc1ccc(CNC(=O)C2CCN(S(=O)(=O)Cc3ccccc3)CC2)cc1OC. The van der Waals surface area contributed by atoms with Crippen LogP contribution in [0.4, 0.5) is 0 Å². The molecule has 0 spiro atoms. The number of carbonyl (C=O) groups is 1. The average Bonchev–Trinajstić information content (AvgIpc) is 2.78. The molecule has 1 aliphatic heterocycles. The Hall–Kier alpha value is -2.58. The molecule has 0 aliphatic carbocycles. The summed E-state index contributed by atoms with van der Waals surface area (Å²) in [6, 6.07) is 14.7. The van der Waals surface area contributed by atoms with E-state index in [1.54, 1.807) is 7.11 Å². The van der Waals surface area contributed by atoms with Crippen molar-refractivity contribution in [1.29, 1.82) is 0 Å². The number of carbonyl (C=O) groups excluding carboxylic acids is 1. The zero-order valence-electron chi connectivity index (χ0n) is 18.0. The summed E-state index contributed by atoms with van der Waals surface area (Å²) in [5.41, 5.74) is 1.68. The van der Waals surface area contributed by atoms with Crippen molar-refractivity contribution in [3.8, 4) is 11.5 Å². The number of sulfonamides is 1. The molecule has 1 heterocycles. The van der Waals surface area contributed by atoms with Gasteiger partial charge in [-0.1, -0.05) is 36.4 Å². The molecule has 2 aromatic carbocycles. The summed E-state index contributed by atoms with van der Waals surface area (Å²) >= 11 is 0. The van der Waals surface area contributed by atoms with Gasteiger partial charge >= 0.3 is 0 Å². The minimum absolute atomic E-state index is 0.00965. The van der Waals surface area contributed by atoms with Crippen molar-refractivity contribution in [3.63, 3.8) is 0 Å². The minimum Gasteiger partial charge on any atom is -0.493 e. The second-order valence-electron chi connectivity index (χ2n) is 7.55. The molecule has 0 saturated carbocycles. The van der Waals surface area contributed by atoms with Crippen molar-refractivity contribution in [2.24, 2.45) is 5.92 Å². The maximum Gasteiger partial charge on any atom is 0.223 e.